The van der Waals surface area contributed by atoms with Gasteiger partial charge in [0.25, 0.3) is 0 Å². The Morgan fingerprint density at radius 3 is 2.31 bits per heavy atom. The smallest absolute Gasteiger partial charge is 0.192 e. The maximum atomic E-state index is 11.5. The van der Waals surface area contributed by atoms with Crippen molar-refractivity contribution in [2.45, 2.75) is 18.0 Å². The lowest BCUT2D eigenvalue weighted by atomic mass is 10.1. The van der Waals surface area contributed by atoms with Crippen molar-refractivity contribution < 1.29 is 8.42 Å². The van der Waals surface area contributed by atoms with E-state index in [4.69, 9.17) is 5.73 Å². The second kappa shape index (κ2) is 4.39. The van der Waals surface area contributed by atoms with Crippen LogP contribution >= 0.6 is 0 Å². The molecule has 1 rings (SSSR count). The number of nitrogens with zero attached hydrogens (tertiary/aromatic N) is 2. The number of rotatable bonds is 3. The van der Waals surface area contributed by atoms with Crippen molar-refractivity contribution in [1.29, 1.82) is 0 Å². The van der Waals surface area contributed by atoms with E-state index in [0.29, 0.717) is 5.82 Å². The number of anilines is 1. The summed E-state index contributed by atoms with van der Waals surface area (Å²) in [6, 6.07) is 3.09. The van der Waals surface area contributed by atoms with Gasteiger partial charge in [0.1, 0.15) is 5.82 Å². The molecule has 5 nitrogen and oxygen atoms in total. The molecule has 2 N–H and O–H groups in total. The number of hydrogen-bond acceptors (Lipinski definition) is 5. The van der Waals surface area contributed by atoms with E-state index in [2.05, 4.69) is 4.98 Å². The van der Waals surface area contributed by atoms with Gasteiger partial charge in [0.05, 0.1) is 0 Å². The van der Waals surface area contributed by atoms with Gasteiger partial charge in [-0.05, 0) is 24.6 Å². The summed E-state index contributed by atoms with van der Waals surface area (Å²) in [5.74, 6) is 0.593. The highest BCUT2D eigenvalue weighted by Gasteiger charge is 2.14. The number of hydrogen-bond donors (Lipinski definition) is 1. The van der Waals surface area contributed by atoms with Crippen molar-refractivity contribution in [3.8, 4) is 0 Å². The first kappa shape index (κ1) is 12.9. The summed E-state index contributed by atoms with van der Waals surface area (Å²) < 4.78 is 22.9. The van der Waals surface area contributed by atoms with E-state index in [1.54, 1.807) is 32.0 Å². The fraction of sp³-hybridized carbons (Fsp3) is 0.500. The third kappa shape index (κ3) is 2.93. The third-order valence-electron chi connectivity index (χ3n) is 2.17. The Morgan fingerprint density at radius 2 is 1.94 bits per heavy atom. The van der Waals surface area contributed by atoms with E-state index in [9.17, 15) is 8.42 Å². The summed E-state index contributed by atoms with van der Waals surface area (Å²) in [6.07, 6.45) is 1.14. The Bertz CT molecular complexity index is 455. The summed E-state index contributed by atoms with van der Waals surface area (Å²) in [5.41, 5.74) is 6.52. The van der Waals surface area contributed by atoms with E-state index < -0.39 is 9.84 Å². The summed E-state index contributed by atoms with van der Waals surface area (Å²) in [6.45, 7) is 1.81. The lowest BCUT2D eigenvalue weighted by Crippen LogP contribution is -2.15. The van der Waals surface area contributed by atoms with Gasteiger partial charge in [-0.2, -0.15) is 0 Å². The lowest BCUT2D eigenvalue weighted by molar-refractivity contribution is 0.597. The third-order valence-corrected chi connectivity index (χ3v) is 3.14. The SMILES string of the molecule is C[C@H](N)c1cc(N(C)C)nc(S(C)(=O)=O)c1. The molecule has 0 unspecified atom stereocenters. The summed E-state index contributed by atoms with van der Waals surface area (Å²) in [5, 5.41) is 0.0611. The second-order valence-electron chi connectivity index (χ2n) is 4.05. The molecule has 0 aromatic carbocycles. The first-order valence-corrected chi connectivity index (χ1v) is 6.76. The van der Waals surface area contributed by atoms with Crippen LogP contribution in [0.1, 0.15) is 18.5 Å². The van der Waals surface area contributed by atoms with Gasteiger partial charge >= 0.3 is 0 Å². The molecule has 1 aromatic heterocycles. The molecule has 1 atom stereocenters. The minimum atomic E-state index is -3.31. The van der Waals surface area contributed by atoms with E-state index in [0.717, 1.165) is 11.8 Å². The number of sulfone groups is 1. The van der Waals surface area contributed by atoms with Crippen molar-refractivity contribution in [2.24, 2.45) is 5.73 Å². The maximum Gasteiger partial charge on any atom is 0.192 e. The minimum Gasteiger partial charge on any atom is -0.363 e. The Kier molecular flexibility index (Phi) is 3.54. The van der Waals surface area contributed by atoms with Gasteiger partial charge in [0.15, 0.2) is 14.9 Å². The quantitative estimate of drug-likeness (QED) is 0.840. The summed E-state index contributed by atoms with van der Waals surface area (Å²) in [4.78, 5) is 5.82. The van der Waals surface area contributed by atoms with E-state index in [-0.39, 0.29) is 11.1 Å². The van der Waals surface area contributed by atoms with Gasteiger partial charge in [-0.1, -0.05) is 0 Å². The molecular formula is C10H17N3O2S. The topological polar surface area (TPSA) is 76.3 Å². The van der Waals surface area contributed by atoms with Crippen molar-refractivity contribution in [1.82, 2.24) is 4.98 Å². The van der Waals surface area contributed by atoms with Crippen LogP contribution in [-0.2, 0) is 9.84 Å². The van der Waals surface area contributed by atoms with E-state index in [1.807, 2.05) is 0 Å². The molecule has 0 bridgehead atoms. The Hall–Kier alpha value is -1.14. The second-order valence-corrected chi connectivity index (χ2v) is 6.01. The zero-order chi connectivity index (χ0) is 12.5. The molecule has 0 saturated heterocycles. The highest BCUT2D eigenvalue weighted by molar-refractivity contribution is 7.90. The maximum absolute atomic E-state index is 11.5. The lowest BCUT2D eigenvalue weighted by Gasteiger charge is -2.15. The molecule has 16 heavy (non-hydrogen) atoms. The van der Waals surface area contributed by atoms with Gasteiger partial charge in [0.2, 0.25) is 0 Å². The zero-order valence-electron chi connectivity index (χ0n) is 9.93. The molecule has 0 aliphatic carbocycles. The molecular weight excluding hydrogens is 226 g/mol. The highest BCUT2D eigenvalue weighted by Crippen LogP contribution is 2.20. The Labute approximate surface area is 96.2 Å². The van der Waals surface area contributed by atoms with Crippen LogP contribution in [-0.4, -0.2) is 33.8 Å². The first-order valence-electron chi connectivity index (χ1n) is 4.87. The monoisotopic (exact) mass is 243 g/mol. The van der Waals surface area contributed by atoms with Crippen molar-refractivity contribution in [3.05, 3.63) is 17.7 Å². The van der Waals surface area contributed by atoms with Gasteiger partial charge < -0.3 is 10.6 Å². The summed E-state index contributed by atoms with van der Waals surface area (Å²) >= 11 is 0. The Balaban J connectivity index is 3.42. The molecule has 6 heteroatoms. The van der Waals surface area contributed by atoms with Crippen LogP contribution in [0.3, 0.4) is 0 Å². The largest absolute Gasteiger partial charge is 0.363 e. The molecule has 0 amide bonds. The van der Waals surface area contributed by atoms with Crippen LogP contribution in [0, 0.1) is 0 Å². The highest BCUT2D eigenvalue weighted by atomic mass is 32.2. The predicted octanol–water partition coefficient (Wildman–Crippen LogP) is 0.571. The van der Waals surface area contributed by atoms with Crippen LogP contribution in [0.2, 0.25) is 0 Å². The van der Waals surface area contributed by atoms with Crippen LogP contribution in [0.15, 0.2) is 17.2 Å². The molecule has 90 valence electrons. The van der Waals surface area contributed by atoms with Crippen LogP contribution < -0.4 is 10.6 Å². The average molecular weight is 243 g/mol. The van der Waals surface area contributed by atoms with Crippen LogP contribution in [0.5, 0.6) is 0 Å². The van der Waals surface area contributed by atoms with E-state index in [1.165, 1.54) is 6.07 Å². The van der Waals surface area contributed by atoms with E-state index >= 15 is 0 Å². The molecule has 0 aliphatic heterocycles. The van der Waals surface area contributed by atoms with Gasteiger partial charge in [-0.25, -0.2) is 13.4 Å². The number of aromatic nitrogens is 1. The van der Waals surface area contributed by atoms with Gasteiger partial charge in [0, 0.05) is 26.4 Å². The van der Waals surface area contributed by atoms with Crippen molar-refractivity contribution >= 4 is 15.7 Å². The molecule has 0 radical (unpaired) electrons. The first-order chi connectivity index (χ1) is 7.21. The molecule has 1 aromatic rings. The van der Waals surface area contributed by atoms with Crippen molar-refractivity contribution in [2.75, 3.05) is 25.3 Å². The van der Waals surface area contributed by atoms with Crippen LogP contribution in [0.25, 0.3) is 0 Å². The fourth-order valence-electron chi connectivity index (χ4n) is 1.19. The van der Waals surface area contributed by atoms with Gasteiger partial charge in [-0.3, -0.25) is 0 Å². The molecule has 0 aliphatic rings. The molecule has 0 fully saturated rings. The number of pyridine rings is 1. The van der Waals surface area contributed by atoms with Crippen LogP contribution in [0.4, 0.5) is 5.82 Å². The molecule has 0 saturated carbocycles. The molecule has 0 spiro atoms. The Morgan fingerprint density at radius 1 is 1.38 bits per heavy atom. The zero-order valence-corrected chi connectivity index (χ0v) is 10.7. The average Bonchev–Trinajstić information content (AvgIpc) is 2.15. The normalized spacial score (nSPS) is 13.6. The molecule has 1 heterocycles. The van der Waals surface area contributed by atoms with Gasteiger partial charge in [-0.15, -0.1) is 0 Å². The minimum absolute atomic E-state index is 0.0611. The van der Waals surface area contributed by atoms with Crippen molar-refractivity contribution in [3.63, 3.8) is 0 Å². The fourth-order valence-corrected chi connectivity index (χ4v) is 1.80. The standard InChI is InChI=1S/C10H17N3O2S/c1-7(11)8-5-9(13(2)3)12-10(6-8)16(4,14)15/h5-7H,11H2,1-4H3/t7-/m0/s1. The summed E-state index contributed by atoms with van der Waals surface area (Å²) in [7, 11) is 0.302. The number of nitrogens with two attached hydrogens (primary N) is 1. The predicted molar refractivity (Wildman–Crippen MR) is 64.3 cm³/mol.